The van der Waals surface area contributed by atoms with Crippen molar-refractivity contribution in [2.45, 2.75) is 58.5 Å². The molecule has 2 aromatic carbocycles. The number of nitrogens with one attached hydrogen (secondary N) is 1. The average molecular weight is 532 g/mol. The molecular weight excluding hydrogens is 498 g/mol. The quantitative estimate of drug-likeness (QED) is 0.385. The molecule has 0 radical (unpaired) electrons. The minimum absolute atomic E-state index is 0.0819. The second kappa shape index (κ2) is 10.2. The van der Waals surface area contributed by atoms with Gasteiger partial charge < -0.3 is 9.88 Å². The van der Waals surface area contributed by atoms with E-state index in [-0.39, 0.29) is 17.6 Å². The van der Waals surface area contributed by atoms with Gasteiger partial charge in [0, 0.05) is 53.4 Å². The van der Waals surface area contributed by atoms with E-state index in [1.54, 1.807) is 0 Å². The molecule has 1 aliphatic carbocycles. The molecule has 1 saturated carbocycles. The number of hydrogen-bond donors (Lipinski definition) is 1. The Labute approximate surface area is 227 Å². The first-order chi connectivity index (χ1) is 18.4. The molecule has 3 heterocycles. The lowest BCUT2D eigenvalue weighted by Gasteiger charge is -2.40. The topological polar surface area (TPSA) is 82.9 Å². The smallest absolute Gasteiger partial charge is 0.253 e. The Hall–Kier alpha value is -3.23. The van der Waals surface area contributed by atoms with Gasteiger partial charge in [0.25, 0.3) is 5.56 Å². The molecule has 1 aliphatic heterocycles. The van der Waals surface area contributed by atoms with Crippen LogP contribution >= 0.6 is 11.6 Å². The van der Waals surface area contributed by atoms with Crippen LogP contribution in [0.15, 0.2) is 41.2 Å². The van der Waals surface area contributed by atoms with Crippen LogP contribution in [0.5, 0.6) is 0 Å². The van der Waals surface area contributed by atoms with Gasteiger partial charge in [-0.05, 0) is 85.0 Å². The lowest BCUT2D eigenvalue weighted by molar-refractivity contribution is 0.197. The minimum Gasteiger partial charge on any atom is -0.369 e. The van der Waals surface area contributed by atoms with Gasteiger partial charge in [0.15, 0.2) is 5.82 Å². The fourth-order valence-electron chi connectivity index (χ4n) is 6.33. The zero-order valence-electron chi connectivity index (χ0n) is 22.2. The summed E-state index contributed by atoms with van der Waals surface area (Å²) in [6.07, 6.45) is 4.50. The van der Waals surface area contributed by atoms with E-state index in [2.05, 4.69) is 69.3 Å². The van der Waals surface area contributed by atoms with E-state index in [1.165, 1.54) is 24.1 Å². The summed E-state index contributed by atoms with van der Waals surface area (Å²) in [4.78, 5) is 21.6. The number of halogens is 1. The predicted molar refractivity (Wildman–Crippen MR) is 151 cm³/mol. The van der Waals surface area contributed by atoms with Crippen LogP contribution in [0.3, 0.4) is 0 Å². The zero-order chi connectivity index (χ0) is 26.4. The highest BCUT2D eigenvalue weighted by Crippen LogP contribution is 2.35. The van der Waals surface area contributed by atoms with Crippen LogP contribution in [0, 0.1) is 20.8 Å². The monoisotopic (exact) mass is 531 g/mol. The molecule has 0 amide bonds. The zero-order valence-corrected chi connectivity index (χ0v) is 23.0. The first-order valence-corrected chi connectivity index (χ1v) is 13.9. The molecule has 8 nitrogen and oxygen atoms in total. The Morgan fingerprint density at radius 2 is 1.74 bits per heavy atom. The van der Waals surface area contributed by atoms with Crippen LogP contribution in [0.25, 0.3) is 10.9 Å². The number of aromatic nitrogens is 5. The highest BCUT2D eigenvalue weighted by molar-refractivity contribution is 6.30. The largest absolute Gasteiger partial charge is 0.369 e. The third-order valence-electron chi connectivity index (χ3n) is 8.26. The average Bonchev–Trinajstić information content (AvgIpc) is 3.59. The maximum atomic E-state index is 13.7. The first-order valence-electron chi connectivity index (χ1n) is 13.6. The Bertz CT molecular complexity index is 1530. The Morgan fingerprint density at radius 3 is 2.50 bits per heavy atom. The summed E-state index contributed by atoms with van der Waals surface area (Å²) in [7, 11) is 0. The number of rotatable bonds is 5. The van der Waals surface area contributed by atoms with Crippen molar-refractivity contribution in [2.24, 2.45) is 0 Å². The Kier molecular flexibility index (Phi) is 6.70. The molecule has 2 fully saturated rings. The minimum atomic E-state index is -0.331. The van der Waals surface area contributed by atoms with Gasteiger partial charge in [-0.1, -0.05) is 36.6 Å². The van der Waals surface area contributed by atoms with E-state index in [0.29, 0.717) is 5.56 Å². The maximum absolute atomic E-state index is 13.7. The van der Waals surface area contributed by atoms with Gasteiger partial charge in [-0.15, -0.1) is 5.10 Å². The van der Waals surface area contributed by atoms with Gasteiger partial charge >= 0.3 is 0 Å². The lowest BCUT2D eigenvalue weighted by Crippen LogP contribution is -2.49. The van der Waals surface area contributed by atoms with Gasteiger partial charge in [0.2, 0.25) is 0 Å². The highest BCUT2D eigenvalue weighted by atomic mass is 35.5. The number of aryl methyl sites for hydroxylation is 3. The molecule has 1 atom stereocenters. The summed E-state index contributed by atoms with van der Waals surface area (Å²) in [6.45, 7) is 9.48. The Balaban J connectivity index is 1.41. The highest BCUT2D eigenvalue weighted by Gasteiger charge is 2.35. The second-order valence-electron chi connectivity index (χ2n) is 10.9. The molecule has 9 heteroatoms. The van der Waals surface area contributed by atoms with Gasteiger partial charge in [0.05, 0.1) is 6.04 Å². The van der Waals surface area contributed by atoms with E-state index < -0.39 is 0 Å². The van der Waals surface area contributed by atoms with Crippen molar-refractivity contribution in [1.29, 1.82) is 0 Å². The van der Waals surface area contributed by atoms with Crippen LogP contribution < -0.4 is 10.5 Å². The third-order valence-corrected chi connectivity index (χ3v) is 8.50. The van der Waals surface area contributed by atoms with Crippen LogP contribution in [-0.2, 0) is 0 Å². The summed E-state index contributed by atoms with van der Waals surface area (Å²) in [5.74, 6) is 0.763. The normalized spacial score (nSPS) is 17.9. The molecule has 0 spiro atoms. The fourth-order valence-corrected chi connectivity index (χ4v) is 6.49. The van der Waals surface area contributed by atoms with Crippen LogP contribution in [-0.4, -0.2) is 56.3 Å². The van der Waals surface area contributed by atoms with Crippen molar-refractivity contribution >= 4 is 28.2 Å². The molecule has 0 unspecified atom stereocenters. The molecule has 4 aromatic rings. The van der Waals surface area contributed by atoms with Crippen LogP contribution in [0.2, 0.25) is 5.02 Å². The second-order valence-corrected chi connectivity index (χ2v) is 11.3. The summed E-state index contributed by atoms with van der Waals surface area (Å²) in [6, 6.07) is 12.3. The van der Waals surface area contributed by atoms with E-state index >= 15 is 0 Å². The Morgan fingerprint density at radius 1 is 0.974 bits per heavy atom. The van der Waals surface area contributed by atoms with E-state index in [0.717, 1.165) is 71.9 Å². The molecule has 2 aliphatic rings. The number of benzene rings is 2. The summed E-state index contributed by atoms with van der Waals surface area (Å²) in [5, 5.41) is 14.9. The third kappa shape index (κ3) is 4.60. The SMILES string of the molecule is Cc1cc(C)c2cc([C@H](c3nnnn3C3CCCC3)N3CCN(c4cc(Cl)ccc4C)CC3)c(=O)[nH]c2c1. The number of nitrogens with zero attached hydrogens (tertiary/aromatic N) is 6. The standard InChI is InChI=1S/C29H34ClN7O/c1-18-14-20(3)23-17-24(29(38)31-25(23)15-18)27(28-32-33-34-37(28)22-6-4-5-7-22)36-12-10-35(11-13-36)26-16-21(30)9-8-19(26)2/h8-9,14-17,22,27H,4-7,10-13H2,1-3H3,(H,31,38)/t27-/m1/s1. The number of pyridine rings is 1. The van der Waals surface area contributed by atoms with Crippen molar-refractivity contribution in [3.63, 3.8) is 0 Å². The molecule has 198 valence electrons. The number of hydrogen-bond acceptors (Lipinski definition) is 6. The van der Waals surface area contributed by atoms with Crippen molar-refractivity contribution in [3.8, 4) is 0 Å². The summed E-state index contributed by atoms with van der Waals surface area (Å²) in [5.41, 5.74) is 6.14. The van der Waals surface area contributed by atoms with Gasteiger partial charge in [-0.25, -0.2) is 4.68 Å². The van der Waals surface area contributed by atoms with Crippen molar-refractivity contribution in [3.05, 3.63) is 79.9 Å². The fraction of sp³-hybridized carbons (Fsp3) is 0.448. The number of anilines is 1. The number of aromatic amines is 1. The van der Waals surface area contributed by atoms with Crippen LogP contribution in [0.4, 0.5) is 5.69 Å². The van der Waals surface area contributed by atoms with Gasteiger partial charge in [-0.2, -0.15) is 0 Å². The van der Waals surface area contributed by atoms with Crippen molar-refractivity contribution in [2.75, 3.05) is 31.1 Å². The molecule has 1 saturated heterocycles. The van der Waals surface area contributed by atoms with Crippen LogP contribution in [0.1, 0.15) is 65.8 Å². The van der Waals surface area contributed by atoms with Crippen molar-refractivity contribution in [1.82, 2.24) is 30.1 Å². The molecule has 1 N–H and O–H groups in total. The number of tetrazole rings is 1. The van der Waals surface area contributed by atoms with Crippen molar-refractivity contribution < 1.29 is 0 Å². The number of piperazine rings is 1. The molecule has 6 rings (SSSR count). The number of H-pyrrole nitrogens is 1. The molecule has 38 heavy (non-hydrogen) atoms. The van der Waals surface area contributed by atoms with Gasteiger partial charge in [-0.3, -0.25) is 9.69 Å². The number of fused-ring (bicyclic) bond motifs is 1. The predicted octanol–water partition coefficient (Wildman–Crippen LogP) is 5.12. The molecular formula is C29H34ClN7O. The van der Waals surface area contributed by atoms with Gasteiger partial charge in [0.1, 0.15) is 6.04 Å². The maximum Gasteiger partial charge on any atom is 0.253 e. The first kappa shape index (κ1) is 25.1. The van der Waals surface area contributed by atoms with E-state index in [1.807, 2.05) is 22.9 Å². The molecule has 2 aromatic heterocycles. The summed E-state index contributed by atoms with van der Waals surface area (Å²) >= 11 is 6.33. The lowest BCUT2D eigenvalue weighted by atomic mass is 9.99. The van der Waals surface area contributed by atoms with E-state index in [9.17, 15) is 4.79 Å². The van der Waals surface area contributed by atoms with E-state index in [4.69, 9.17) is 11.6 Å². The molecule has 0 bridgehead atoms. The summed E-state index contributed by atoms with van der Waals surface area (Å²) < 4.78 is 2.00.